The van der Waals surface area contributed by atoms with Crippen LogP contribution in [0.3, 0.4) is 0 Å². The highest BCUT2D eigenvalue weighted by Gasteiger charge is 2.16. The van der Waals surface area contributed by atoms with E-state index in [0.29, 0.717) is 29.7 Å². The number of amidine groups is 1. The average molecular weight is 298 g/mol. The van der Waals surface area contributed by atoms with Crippen LogP contribution in [-0.2, 0) is 6.54 Å². The first-order valence-corrected chi connectivity index (χ1v) is 7.38. The van der Waals surface area contributed by atoms with Crippen LogP contribution in [-0.4, -0.2) is 35.0 Å². The van der Waals surface area contributed by atoms with Crippen molar-refractivity contribution in [1.82, 2.24) is 4.90 Å². The summed E-state index contributed by atoms with van der Waals surface area (Å²) < 4.78 is 0. The Morgan fingerprint density at radius 1 is 1.40 bits per heavy atom. The maximum Gasteiger partial charge on any atom is 0.122 e. The van der Waals surface area contributed by atoms with Crippen molar-refractivity contribution < 1.29 is 5.11 Å². The van der Waals surface area contributed by atoms with Crippen molar-refractivity contribution in [2.45, 2.75) is 39.3 Å². The zero-order valence-corrected chi connectivity index (χ0v) is 13.0. The fraction of sp³-hybridized carbons (Fsp3) is 0.533. The number of hydrogen-bond donors (Lipinski definition) is 3. The SMILES string of the molecule is CCC(CC)N(CCO)Cc1ccc(C(=N)N)cc1Cl. The lowest BCUT2D eigenvalue weighted by Crippen LogP contribution is -2.36. The Kier molecular flexibility index (Phi) is 6.99. The molecule has 0 saturated carbocycles. The van der Waals surface area contributed by atoms with Gasteiger partial charge in [-0.1, -0.05) is 37.6 Å². The molecule has 112 valence electrons. The molecule has 0 spiro atoms. The van der Waals surface area contributed by atoms with Crippen molar-refractivity contribution in [3.63, 3.8) is 0 Å². The highest BCUT2D eigenvalue weighted by molar-refractivity contribution is 6.31. The molecule has 4 N–H and O–H groups in total. The molecule has 0 heterocycles. The second-order valence-electron chi connectivity index (χ2n) is 4.88. The molecule has 1 rings (SSSR count). The molecule has 0 fully saturated rings. The van der Waals surface area contributed by atoms with Crippen LogP contribution in [0.15, 0.2) is 18.2 Å². The van der Waals surface area contributed by atoms with E-state index < -0.39 is 0 Å². The first-order valence-electron chi connectivity index (χ1n) is 7.01. The molecule has 0 atom stereocenters. The van der Waals surface area contributed by atoms with Crippen LogP contribution in [0.5, 0.6) is 0 Å². The van der Waals surface area contributed by atoms with Gasteiger partial charge in [-0.25, -0.2) is 0 Å². The maximum atomic E-state index is 9.22. The summed E-state index contributed by atoms with van der Waals surface area (Å²) in [7, 11) is 0. The Morgan fingerprint density at radius 2 is 2.05 bits per heavy atom. The summed E-state index contributed by atoms with van der Waals surface area (Å²) in [5, 5.41) is 17.3. The topological polar surface area (TPSA) is 73.3 Å². The molecule has 0 amide bonds. The average Bonchev–Trinajstić information content (AvgIpc) is 2.42. The zero-order valence-electron chi connectivity index (χ0n) is 12.2. The summed E-state index contributed by atoms with van der Waals surface area (Å²) in [6, 6.07) is 5.88. The fourth-order valence-electron chi connectivity index (χ4n) is 2.39. The van der Waals surface area contributed by atoms with Crippen LogP contribution in [0.1, 0.15) is 37.8 Å². The number of nitrogen functional groups attached to an aromatic ring is 1. The van der Waals surface area contributed by atoms with Crippen molar-refractivity contribution in [3.8, 4) is 0 Å². The van der Waals surface area contributed by atoms with E-state index in [9.17, 15) is 5.11 Å². The van der Waals surface area contributed by atoms with Crippen molar-refractivity contribution >= 4 is 17.4 Å². The standard InChI is InChI=1S/C15H24ClN3O/c1-3-13(4-2)19(7-8-20)10-12-6-5-11(15(17)18)9-14(12)16/h5-6,9,13,20H,3-4,7-8,10H2,1-2H3,(H3,17,18). The summed E-state index contributed by atoms with van der Waals surface area (Å²) in [4.78, 5) is 2.24. The minimum Gasteiger partial charge on any atom is -0.395 e. The van der Waals surface area contributed by atoms with Crippen LogP contribution in [0.4, 0.5) is 0 Å². The maximum absolute atomic E-state index is 9.22. The molecule has 0 aliphatic rings. The Morgan fingerprint density at radius 3 is 2.50 bits per heavy atom. The molecular weight excluding hydrogens is 274 g/mol. The number of nitrogens with zero attached hydrogens (tertiary/aromatic N) is 1. The lowest BCUT2D eigenvalue weighted by Gasteiger charge is -2.30. The second-order valence-corrected chi connectivity index (χ2v) is 5.29. The number of hydrogen-bond acceptors (Lipinski definition) is 3. The summed E-state index contributed by atoms with van der Waals surface area (Å²) in [6.45, 7) is 5.78. The van der Waals surface area contributed by atoms with Gasteiger partial charge in [0.1, 0.15) is 5.84 Å². The zero-order chi connectivity index (χ0) is 15.1. The van der Waals surface area contributed by atoms with Gasteiger partial charge in [-0.2, -0.15) is 0 Å². The van der Waals surface area contributed by atoms with E-state index in [4.69, 9.17) is 22.7 Å². The highest BCUT2D eigenvalue weighted by Crippen LogP contribution is 2.21. The van der Waals surface area contributed by atoms with Crippen LogP contribution < -0.4 is 5.73 Å². The van der Waals surface area contributed by atoms with E-state index in [2.05, 4.69) is 18.7 Å². The molecular formula is C15H24ClN3O. The van der Waals surface area contributed by atoms with Gasteiger partial charge >= 0.3 is 0 Å². The number of aliphatic hydroxyl groups excluding tert-OH is 1. The van der Waals surface area contributed by atoms with E-state index in [1.807, 2.05) is 12.1 Å². The van der Waals surface area contributed by atoms with E-state index in [1.165, 1.54) is 0 Å². The molecule has 0 saturated heterocycles. The Labute approximate surface area is 126 Å². The van der Waals surface area contributed by atoms with Crippen molar-refractivity contribution in [2.24, 2.45) is 5.73 Å². The Hall–Kier alpha value is -1.10. The molecule has 5 heteroatoms. The number of benzene rings is 1. The molecule has 1 aromatic rings. The van der Waals surface area contributed by atoms with Gasteiger partial charge in [0.05, 0.1) is 6.61 Å². The van der Waals surface area contributed by atoms with Gasteiger partial charge in [0.15, 0.2) is 0 Å². The van der Waals surface area contributed by atoms with E-state index in [0.717, 1.165) is 18.4 Å². The summed E-state index contributed by atoms with van der Waals surface area (Å²) in [5.74, 6) is 0.0191. The smallest absolute Gasteiger partial charge is 0.122 e. The van der Waals surface area contributed by atoms with Crippen molar-refractivity contribution in [1.29, 1.82) is 5.41 Å². The third kappa shape index (κ3) is 4.47. The van der Waals surface area contributed by atoms with Crippen LogP contribution in [0.25, 0.3) is 0 Å². The highest BCUT2D eigenvalue weighted by atomic mass is 35.5. The predicted octanol–water partition coefficient (Wildman–Crippen LogP) is 2.61. The van der Waals surface area contributed by atoms with Gasteiger partial charge in [-0.05, 0) is 24.5 Å². The van der Waals surface area contributed by atoms with Gasteiger partial charge in [0, 0.05) is 29.7 Å². The number of halogens is 1. The fourth-order valence-corrected chi connectivity index (χ4v) is 2.63. The van der Waals surface area contributed by atoms with Gasteiger partial charge in [-0.3, -0.25) is 10.3 Å². The lowest BCUT2D eigenvalue weighted by molar-refractivity contribution is 0.136. The minimum atomic E-state index is 0.0191. The molecule has 4 nitrogen and oxygen atoms in total. The van der Waals surface area contributed by atoms with Gasteiger partial charge in [0.2, 0.25) is 0 Å². The lowest BCUT2D eigenvalue weighted by atomic mass is 10.1. The summed E-state index contributed by atoms with van der Waals surface area (Å²) in [5.41, 5.74) is 7.09. The van der Waals surface area contributed by atoms with Crippen molar-refractivity contribution in [3.05, 3.63) is 34.3 Å². The number of nitrogens with two attached hydrogens (primary N) is 1. The van der Waals surface area contributed by atoms with E-state index in [-0.39, 0.29) is 12.4 Å². The minimum absolute atomic E-state index is 0.0191. The van der Waals surface area contributed by atoms with E-state index >= 15 is 0 Å². The molecule has 0 aromatic heterocycles. The number of nitrogens with one attached hydrogen (secondary N) is 1. The quantitative estimate of drug-likeness (QED) is 0.510. The summed E-state index contributed by atoms with van der Waals surface area (Å²) >= 11 is 6.27. The molecule has 0 aliphatic carbocycles. The monoisotopic (exact) mass is 297 g/mol. The van der Waals surface area contributed by atoms with E-state index in [1.54, 1.807) is 6.07 Å². The third-order valence-corrected chi connectivity index (χ3v) is 3.94. The van der Waals surface area contributed by atoms with Gasteiger partial charge in [-0.15, -0.1) is 0 Å². The largest absolute Gasteiger partial charge is 0.395 e. The molecule has 0 aliphatic heterocycles. The third-order valence-electron chi connectivity index (χ3n) is 3.58. The number of aliphatic hydroxyl groups is 1. The van der Waals surface area contributed by atoms with Crippen LogP contribution >= 0.6 is 11.6 Å². The normalized spacial score (nSPS) is 11.3. The molecule has 0 unspecified atom stereocenters. The Bertz CT molecular complexity index is 447. The predicted molar refractivity (Wildman–Crippen MR) is 84.3 cm³/mol. The second kappa shape index (κ2) is 8.25. The number of rotatable bonds is 8. The summed E-state index contributed by atoms with van der Waals surface area (Å²) in [6.07, 6.45) is 2.08. The molecule has 20 heavy (non-hydrogen) atoms. The first kappa shape index (κ1) is 17.0. The molecule has 1 aromatic carbocycles. The first-order chi connectivity index (χ1) is 9.53. The Balaban J connectivity index is 2.90. The molecule has 0 bridgehead atoms. The van der Waals surface area contributed by atoms with Crippen LogP contribution in [0, 0.1) is 5.41 Å². The van der Waals surface area contributed by atoms with Gasteiger partial charge in [0.25, 0.3) is 0 Å². The van der Waals surface area contributed by atoms with Crippen molar-refractivity contribution in [2.75, 3.05) is 13.2 Å². The van der Waals surface area contributed by atoms with Crippen LogP contribution in [0.2, 0.25) is 5.02 Å². The van der Waals surface area contributed by atoms with Gasteiger partial charge < -0.3 is 10.8 Å². The molecule has 0 radical (unpaired) electrons.